The van der Waals surface area contributed by atoms with E-state index in [1.165, 1.54) is 30.1 Å². The Bertz CT molecular complexity index is 952. The van der Waals surface area contributed by atoms with Gasteiger partial charge in [-0.2, -0.15) is 5.43 Å². The molecule has 0 spiro atoms. The number of amidine groups is 1. The number of aliphatic imine (C=N–C) groups is 1. The number of nitrogens with one attached hydrogen (secondary N) is 1. The van der Waals surface area contributed by atoms with Crippen LogP contribution in [-0.4, -0.2) is 63.0 Å². The summed E-state index contributed by atoms with van der Waals surface area (Å²) in [7, 11) is 1.54. The molecule has 10 heteroatoms. The average molecular weight is 392 g/mol. The van der Waals surface area contributed by atoms with Crippen LogP contribution in [0.25, 0.3) is 0 Å². The first-order valence-electron chi connectivity index (χ1n) is 8.37. The third-order valence-corrected chi connectivity index (χ3v) is 5.44. The van der Waals surface area contributed by atoms with E-state index < -0.39 is 23.8 Å². The van der Waals surface area contributed by atoms with Gasteiger partial charge in [-0.15, -0.1) is 5.10 Å². The highest BCUT2D eigenvalue weighted by Gasteiger charge is 2.54. The molecule has 3 aliphatic rings. The minimum absolute atomic E-state index is 0.0967. The van der Waals surface area contributed by atoms with Crippen LogP contribution in [0.15, 0.2) is 28.3 Å². The Morgan fingerprint density at radius 2 is 2.11 bits per heavy atom. The number of likely N-dealkylation sites (N-methyl/N-ethyl adjacent to an activating group) is 1. The lowest BCUT2D eigenvalue weighted by molar-refractivity contribution is -0.555. The summed E-state index contributed by atoms with van der Waals surface area (Å²) in [5.74, 6) is -0.318. The second-order valence-electron chi connectivity index (χ2n) is 6.61. The maximum atomic E-state index is 14.2. The van der Waals surface area contributed by atoms with Crippen molar-refractivity contribution in [3.05, 3.63) is 34.6 Å². The Morgan fingerprint density at radius 3 is 2.81 bits per heavy atom. The summed E-state index contributed by atoms with van der Waals surface area (Å²) in [4.78, 5) is 32.7. The smallest absolute Gasteiger partial charge is 0.270 e. The number of rotatable bonds is 2. The van der Waals surface area contributed by atoms with Crippen molar-refractivity contribution in [1.29, 1.82) is 0 Å². The maximum absolute atomic E-state index is 14.2. The van der Waals surface area contributed by atoms with Crippen LogP contribution in [0.3, 0.4) is 0 Å². The van der Waals surface area contributed by atoms with Gasteiger partial charge >= 0.3 is 12.0 Å². The monoisotopic (exact) mass is 391 g/mol. The number of urea groups is 1. The van der Waals surface area contributed by atoms with E-state index in [0.29, 0.717) is 11.8 Å². The van der Waals surface area contributed by atoms with Crippen molar-refractivity contribution >= 4 is 41.0 Å². The molecule has 1 fully saturated rings. The lowest BCUT2D eigenvalue weighted by atomic mass is 10.1. The molecule has 1 aromatic rings. The molecule has 0 bridgehead atoms. The zero-order chi connectivity index (χ0) is 19.5. The summed E-state index contributed by atoms with van der Waals surface area (Å²) in [6, 6.07) is 2.68. The van der Waals surface area contributed by atoms with E-state index >= 15 is 0 Å². The first kappa shape index (κ1) is 17.6. The molecule has 8 nitrogen and oxygen atoms in total. The Morgan fingerprint density at radius 1 is 1.37 bits per heavy atom. The van der Waals surface area contributed by atoms with Crippen molar-refractivity contribution in [2.24, 2.45) is 10.1 Å². The number of guanidine groups is 1. The van der Waals surface area contributed by atoms with E-state index in [4.69, 9.17) is 11.6 Å². The molecule has 0 aromatic heterocycles. The number of carbonyl (C=O) groups excluding carboxylic acids is 2. The zero-order valence-electron chi connectivity index (χ0n) is 14.9. The number of hydrazone groups is 1. The van der Waals surface area contributed by atoms with E-state index in [0.717, 1.165) is 10.6 Å². The Labute approximate surface area is 159 Å². The summed E-state index contributed by atoms with van der Waals surface area (Å²) < 4.78 is 16.0. The molecule has 1 aromatic carbocycles. The van der Waals surface area contributed by atoms with Crippen LogP contribution in [0, 0.1) is 5.82 Å². The third kappa shape index (κ3) is 2.53. The van der Waals surface area contributed by atoms with Crippen LogP contribution in [0.1, 0.15) is 19.4 Å². The van der Waals surface area contributed by atoms with Gasteiger partial charge in [-0.3, -0.25) is 14.6 Å². The summed E-state index contributed by atoms with van der Waals surface area (Å²) in [6.45, 7) is 3.49. The molecule has 1 N–H and O–H groups in total. The summed E-state index contributed by atoms with van der Waals surface area (Å²) in [6.07, 6.45) is 0. The fraction of sp³-hybridized carbons (Fsp3) is 0.353. The van der Waals surface area contributed by atoms with Crippen LogP contribution in [0.2, 0.25) is 5.02 Å². The van der Waals surface area contributed by atoms with Gasteiger partial charge in [0, 0.05) is 17.6 Å². The highest BCUT2D eigenvalue weighted by Crippen LogP contribution is 2.27. The first-order chi connectivity index (χ1) is 12.8. The van der Waals surface area contributed by atoms with Gasteiger partial charge < -0.3 is 0 Å². The summed E-state index contributed by atoms with van der Waals surface area (Å²) in [5, 5.41) is 4.34. The van der Waals surface area contributed by atoms with Crippen LogP contribution < -0.4 is 5.43 Å². The highest BCUT2D eigenvalue weighted by molar-refractivity contribution is 6.31. The van der Waals surface area contributed by atoms with E-state index in [-0.39, 0.29) is 23.2 Å². The molecule has 140 valence electrons. The number of amides is 3. The molecular formula is C17H17ClFN6O2+. The Balaban J connectivity index is 1.73. The second kappa shape index (κ2) is 6.12. The molecule has 2 atom stereocenters. The number of hydrogen-bond donors (Lipinski definition) is 1. The van der Waals surface area contributed by atoms with Crippen molar-refractivity contribution in [2.45, 2.75) is 32.5 Å². The predicted molar refractivity (Wildman–Crippen MR) is 97.3 cm³/mol. The van der Waals surface area contributed by atoms with E-state index in [1.807, 2.05) is 13.8 Å². The minimum atomic E-state index is -0.791. The molecule has 3 heterocycles. The molecular weight excluding hydrogens is 375 g/mol. The molecule has 4 rings (SSSR count). The fourth-order valence-corrected chi connectivity index (χ4v) is 3.62. The molecule has 0 aliphatic carbocycles. The number of fused-ring (bicyclic) bond motifs is 2. The highest BCUT2D eigenvalue weighted by atomic mass is 35.5. The Hall–Kier alpha value is -2.81. The van der Waals surface area contributed by atoms with Gasteiger partial charge in [-0.25, -0.2) is 13.8 Å². The third-order valence-electron chi connectivity index (χ3n) is 5.08. The van der Waals surface area contributed by atoms with Gasteiger partial charge in [0.2, 0.25) is 11.9 Å². The van der Waals surface area contributed by atoms with Crippen molar-refractivity contribution in [3.63, 3.8) is 0 Å². The number of nitrogens with zero attached hydrogens (tertiary/aromatic N) is 5. The van der Waals surface area contributed by atoms with Crippen molar-refractivity contribution in [3.8, 4) is 0 Å². The van der Waals surface area contributed by atoms with Gasteiger partial charge in [0.25, 0.3) is 5.91 Å². The van der Waals surface area contributed by atoms with Crippen molar-refractivity contribution < 1.29 is 18.6 Å². The SMILES string of the molecule is CC1=NNC2=[N+](C1C)C1C(=O)N(Cc3c(F)cccc3Cl)C(=O)N(C)C1=N2. The van der Waals surface area contributed by atoms with Gasteiger partial charge in [0.1, 0.15) is 11.9 Å². The number of imide groups is 1. The predicted octanol–water partition coefficient (Wildman–Crippen LogP) is 1.39. The van der Waals surface area contributed by atoms with Gasteiger partial charge in [-0.1, -0.05) is 22.7 Å². The number of hydrogen-bond acceptors (Lipinski definition) is 5. The van der Waals surface area contributed by atoms with E-state index in [2.05, 4.69) is 15.5 Å². The molecule has 3 amide bonds. The van der Waals surface area contributed by atoms with Crippen LogP contribution in [-0.2, 0) is 11.3 Å². The van der Waals surface area contributed by atoms with Crippen molar-refractivity contribution in [1.82, 2.24) is 15.2 Å². The molecule has 2 unspecified atom stereocenters. The topological polar surface area (TPSA) is 80.4 Å². The standard InChI is InChI=1S/C17H16ClFN6O2/c1-8-9(2)25-13-14(20-16(25)22-21-8)23(3)17(27)24(15(13)26)7-10-11(18)5-4-6-12(10)19/h4-6,9,13H,7H2,1-3H3/p+1. The molecule has 0 saturated carbocycles. The molecule has 3 aliphatic heterocycles. The largest absolute Gasteiger partial charge is 0.414 e. The molecule has 27 heavy (non-hydrogen) atoms. The lowest BCUT2D eigenvalue weighted by Crippen LogP contribution is -2.64. The van der Waals surface area contributed by atoms with Crippen molar-refractivity contribution in [2.75, 3.05) is 7.05 Å². The van der Waals surface area contributed by atoms with Crippen LogP contribution in [0.4, 0.5) is 9.18 Å². The van der Waals surface area contributed by atoms with Crippen LogP contribution in [0.5, 0.6) is 0 Å². The number of halogens is 2. The summed E-state index contributed by atoms with van der Waals surface area (Å²) >= 11 is 6.08. The zero-order valence-corrected chi connectivity index (χ0v) is 15.7. The van der Waals surface area contributed by atoms with Gasteiger partial charge in [0.15, 0.2) is 0 Å². The van der Waals surface area contributed by atoms with Gasteiger partial charge in [-0.05, 0) is 26.0 Å². The maximum Gasteiger partial charge on any atom is 0.414 e. The Kier molecular flexibility index (Phi) is 3.99. The van der Waals surface area contributed by atoms with Gasteiger partial charge in [0.05, 0.1) is 12.3 Å². The van der Waals surface area contributed by atoms with Crippen LogP contribution >= 0.6 is 11.6 Å². The average Bonchev–Trinajstić information content (AvgIpc) is 3.03. The van der Waals surface area contributed by atoms with E-state index in [9.17, 15) is 14.0 Å². The normalized spacial score (nSPS) is 24.5. The second-order valence-corrected chi connectivity index (χ2v) is 7.02. The first-order valence-corrected chi connectivity index (χ1v) is 8.75. The summed E-state index contributed by atoms with van der Waals surface area (Å²) in [5.41, 5.74) is 3.69. The fourth-order valence-electron chi connectivity index (χ4n) is 3.39. The van der Waals surface area contributed by atoms with E-state index in [1.54, 1.807) is 4.58 Å². The minimum Gasteiger partial charge on any atom is -0.270 e. The lowest BCUT2D eigenvalue weighted by Gasteiger charge is -2.35. The number of benzene rings is 1. The molecule has 1 saturated heterocycles. The quantitative estimate of drug-likeness (QED) is 0.774. The molecule has 0 radical (unpaired) electrons. The number of carbonyl (C=O) groups is 2.